The number of carbonyl (C=O) groups is 2. The van der Waals surface area contributed by atoms with E-state index in [2.05, 4.69) is 16.2 Å². The fourth-order valence-electron chi connectivity index (χ4n) is 1.97. The van der Waals surface area contributed by atoms with Gasteiger partial charge in [0.05, 0.1) is 7.11 Å². The van der Waals surface area contributed by atoms with Gasteiger partial charge in [-0.25, -0.2) is 0 Å². The highest BCUT2D eigenvalue weighted by molar-refractivity contribution is 7.80. The van der Waals surface area contributed by atoms with Gasteiger partial charge < -0.3 is 4.74 Å². The molecule has 0 atom stereocenters. The number of benzene rings is 2. The summed E-state index contributed by atoms with van der Waals surface area (Å²) in [6.45, 7) is 0. The molecule has 0 radical (unpaired) electrons. The summed E-state index contributed by atoms with van der Waals surface area (Å²) in [4.78, 5) is 23.8. The van der Waals surface area contributed by atoms with Crippen LogP contribution in [0, 0.1) is 0 Å². The first-order valence-electron chi connectivity index (χ1n) is 7.47. The molecular weight excluding hydrogens is 374 g/mol. The third-order valence-corrected chi connectivity index (χ3v) is 3.61. The standard InChI is InChI=1S/C18H16ClN3O3S/c1-25-15-8-3-2-5-12(15)9-10-16(23)20-18(26)22-21-17(24)13-6-4-7-14(19)11-13/h2-11H,1H3,(H,21,24)(H2,20,22,23,26)/b10-9+. The molecule has 6 nitrogen and oxygen atoms in total. The Balaban J connectivity index is 1.84. The number of carbonyl (C=O) groups excluding carboxylic acids is 2. The van der Waals surface area contributed by atoms with Gasteiger partial charge in [-0.05, 0) is 42.6 Å². The highest BCUT2D eigenvalue weighted by atomic mass is 35.5. The number of hydrogen-bond acceptors (Lipinski definition) is 4. The van der Waals surface area contributed by atoms with Crippen LogP contribution in [0.1, 0.15) is 15.9 Å². The Hall–Kier alpha value is -2.90. The second-order valence-corrected chi connectivity index (χ2v) is 5.83. The van der Waals surface area contributed by atoms with E-state index < -0.39 is 11.8 Å². The van der Waals surface area contributed by atoms with Crippen molar-refractivity contribution in [2.24, 2.45) is 0 Å². The molecule has 0 bridgehead atoms. The van der Waals surface area contributed by atoms with Crippen LogP contribution >= 0.6 is 23.8 Å². The van der Waals surface area contributed by atoms with Gasteiger partial charge in [0.1, 0.15) is 5.75 Å². The number of hydrazine groups is 1. The Morgan fingerprint density at radius 3 is 2.62 bits per heavy atom. The Morgan fingerprint density at radius 1 is 1.12 bits per heavy atom. The summed E-state index contributed by atoms with van der Waals surface area (Å²) in [6, 6.07) is 13.7. The predicted octanol–water partition coefficient (Wildman–Crippen LogP) is 2.70. The molecule has 0 aliphatic heterocycles. The SMILES string of the molecule is COc1ccccc1/C=C/C(=O)NC(=S)NNC(=O)c1cccc(Cl)c1. The molecule has 0 saturated heterocycles. The van der Waals surface area contributed by atoms with E-state index in [1.165, 1.54) is 12.1 Å². The number of thiocarbonyl (C=S) groups is 1. The van der Waals surface area contributed by atoms with Gasteiger partial charge in [0.25, 0.3) is 5.91 Å². The zero-order chi connectivity index (χ0) is 18.9. The number of ether oxygens (including phenoxy) is 1. The van der Waals surface area contributed by atoms with Crippen LogP contribution in [0.5, 0.6) is 5.75 Å². The Bertz CT molecular complexity index is 855. The Kier molecular flexibility index (Phi) is 7.13. The molecule has 0 saturated carbocycles. The van der Waals surface area contributed by atoms with Crippen LogP contribution < -0.4 is 20.9 Å². The van der Waals surface area contributed by atoms with Crippen molar-refractivity contribution < 1.29 is 14.3 Å². The van der Waals surface area contributed by atoms with Crippen molar-refractivity contribution in [3.05, 3.63) is 70.8 Å². The Morgan fingerprint density at radius 2 is 1.88 bits per heavy atom. The minimum Gasteiger partial charge on any atom is -0.496 e. The lowest BCUT2D eigenvalue weighted by atomic mass is 10.2. The van der Waals surface area contributed by atoms with E-state index in [1.54, 1.807) is 37.5 Å². The van der Waals surface area contributed by atoms with Gasteiger partial charge in [-0.3, -0.25) is 25.8 Å². The number of methoxy groups -OCH3 is 1. The van der Waals surface area contributed by atoms with E-state index in [1.807, 2.05) is 18.2 Å². The van der Waals surface area contributed by atoms with Crippen LogP contribution in [0.2, 0.25) is 5.02 Å². The fraction of sp³-hybridized carbons (Fsp3) is 0.0556. The number of para-hydroxylation sites is 1. The van der Waals surface area contributed by atoms with Gasteiger partial charge in [-0.15, -0.1) is 0 Å². The molecule has 0 aliphatic rings. The zero-order valence-electron chi connectivity index (χ0n) is 13.8. The van der Waals surface area contributed by atoms with Crippen LogP contribution in [-0.2, 0) is 4.79 Å². The van der Waals surface area contributed by atoms with Crippen LogP contribution in [-0.4, -0.2) is 24.0 Å². The largest absolute Gasteiger partial charge is 0.496 e. The summed E-state index contributed by atoms with van der Waals surface area (Å²) < 4.78 is 5.20. The highest BCUT2D eigenvalue weighted by Crippen LogP contribution is 2.18. The normalized spacial score (nSPS) is 10.2. The quantitative estimate of drug-likeness (QED) is 0.425. The molecule has 0 unspecified atom stereocenters. The molecule has 0 aromatic heterocycles. The third kappa shape index (κ3) is 5.87. The fourth-order valence-corrected chi connectivity index (χ4v) is 2.31. The maximum Gasteiger partial charge on any atom is 0.269 e. The van der Waals surface area contributed by atoms with Gasteiger partial charge in [0.2, 0.25) is 5.91 Å². The second-order valence-electron chi connectivity index (χ2n) is 4.98. The van der Waals surface area contributed by atoms with E-state index in [0.717, 1.165) is 5.56 Å². The molecule has 134 valence electrons. The summed E-state index contributed by atoms with van der Waals surface area (Å²) in [7, 11) is 1.55. The first kappa shape index (κ1) is 19.4. The number of halogens is 1. The van der Waals surface area contributed by atoms with Crippen molar-refractivity contribution in [3.63, 3.8) is 0 Å². The van der Waals surface area contributed by atoms with Crippen LogP contribution in [0.4, 0.5) is 0 Å². The lowest BCUT2D eigenvalue weighted by Gasteiger charge is -2.10. The van der Waals surface area contributed by atoms with Crippen molar-refractivity contribution in [3.8, 4) is 5.75 Å². The molecule has 2 rings (SSSR count). The van der Waals surface area contributed by atoms with Gasteiger partial charge in [-0.2, -0.15) is 0 Å². The first-order valence-corrected chi connectivity index (χ1v) is 8.26. The molecule has 2 aromatic carbocycles. The summed E-state index contributed by atoms with van der Waals surface area (Å²) in [5.74, 6) is -0.245. The molecule has 2 amide bonds. The average molecular weight is 390 g/mol. The smallest absolute Gasteiger partial charge is 0.269 e. The maximum atomic E-state index is 11.9. The van der Waals surface area contributed by atoms with E-state index in [9.17, 15) is 9.59 Å². The molecule has 8 heteroatoms. The van der Waals surface area contributed by atoms with Crippen molar-refractivity contribution in [1.82, 2.24) is 16.2 Å². The van der Waals surface area contributed by atoms with E-state index in [-0.39, 0.29) is 5.11 Å². The lowest BCUT2D eigenvalue weighted by Crippen LogP contribution is -2.48. The third-order valence-electron chi connectivity index (χ3n) is 3.17. The summed E-state index contributed by atoms with van der Waals surface area (Å²) in [5.41, 5.74) is 5.93. The maximum absolute atomic E-state index is 11.9. The van der Waals surface area contributed by atoms with Gasteiger partial charge in [0, 0.05) is 22.2 Å². The predicted molar refractivity (Wildman–Crippen MR) is 105 cm³/mol. The lowest BCUT2D eigenvalue weighted by molar-refractivity contribution is -0.115. The molecular formula is C18H16ClN3O3S. The van der Waals surface area contributed by atoms with Crippen LogP contribution in [0.25, 0.3) is 6.08 Å². The second kappa shape index (κ2) is 9.55. The highest BCUT2D eigenvalue weighted by Gasteiger charge is 2.07. The molecule has 2 aromatic rings. The van der Waals surface area contributed by atoms with E-state index in [0.29, 0.717) is 16.3 Å². The van der Waals surface area contributed by atoms with Gasteiger partial charge in [0.15, 0.2) is 5.11 Å². The minimum atomic E-state index is -0.453. The van der Waals surface area contributed by atoms with Gasteiger partial charge >= 0.3 is 0 Å². The van der Waals surface area contributed by atoms with Crippen molar-refractivity contribution in [2.45, 2.75) is 0 Å². The topological polar surface area (TPSA) is 79.5 Å². The van der Waals surface area contributed by atoms with Crippen LogP contribution in [0.3, 0.4) is 0 Å². The monoisotopic (exact) mass is 389 g/mol. The number of hydrogen-bond donors (Lipinski definition) is 3. The molecule has 26 heavy (non-hydrogen) atoms. The number of amides is 2. The minimum absolute atomic E-state index is 0.0462. The molecule has 0 fully saturated rings. The number of rotatable bonds is 4. The van der Waals surface area contributed by atoms with E-state index >= 15 is 0 Å². The molecule has 0 heterocycles. The van der Waals surface area contributed by atoms with Crippen molar-refractivity contribution >= 4 is 46.8 Å². The Labute approximate surface area is 161 Å². The summed E-state index contributed by atoms with van der Waals surface area (Å²) >= 11 is 10.8. The number of nitrogens with one attached hydrogen (secondary N) is 3. The molecule has 0 spiro atoms. The van der Waals surface area contributed by atoms with Crippen molar-refractivity contribution in [2.75, 3.05) is 7.11 Å². The van der Waals surface area contributed by atoms with Crippen molar-refractivity contribution in [1.29, 1.82) is 0 Å². The van der Waals surface area contributed by atoms with E-state index in [4.69, 9.17) is 28.6 Å². The van der Waals surface area contributed by atoms with Gasteiger partial charge in [-0.1, -0.05) is 35.9 Å². The van der Waals surface area contributed by atoms with Crippen LogP contribution in [0.15, 0.2) is 54.6 Å². The molecule has 0 aliphatic carbocycles. The summed E-state index contributed by atoms with van der Waals surface area (Å²) in [5, 5.41) is 2.81. The zero-order valence-corrected chi connectivity index (χ0v) is 15.4. The average Bonchev–Trinajstić information content (AvgIpc) is 2.64. The first-order chi connectivity index (χ1) is 12.5. The molecule has 3 N–H and O–H groups in total. The summed E-state index contributed by atoms with van der Waals surface area (Å²) in [6.07, 6.45) is 2.91.